The zero-order valence-electron chi connectivity index (χ0n) is 15.7. The minimum Gasteiger partial charge on any atom is -0.351 e. The van der Waals surface area contributed by atoms with Crippen molar-refractivity contribution in [3.05, 3.63) is 96.3 Å². The monoisotopic (exact) mass is 367 g/mol. The first-order valence-corrected chi connectivity index (χ1v) is 9.35. The van der Waals surface area contributed by atoms with E-state index in [-0.39, 0.29) is 11.8 Å². The lowest BCUT2D eigenvalue weighted by Crippen LogP contribution is -2.27. The third-order valence-corrected chi connectivity index (χ3v) is 4.86. The molecular formula is C24H21N3O. The van der Waals surface area contributed by atoms with Crippen molar-refractivity contribution in [1.82, 2.24) is 15.3 Å². The maximum atomic E-state index is 13.0. The molecule has 2 aromatic carbocycles. The van der Waals surface area contributed by atoms with E-state index in [2.05, 4.69) is 29.4 Å². The van der Waals surface area contributed by atoms with E-state index >= 15 is 0 Å². The molecule has 4 heteroatoms. The maximum absolute atomic E-state index is 13.0. The molecule has 0 unspecified atom stereocenters. The number of amides is 1. The summed E-state index contributed by atoms with van der Waals surface area (Å²) in [5, 5.41) is 3.93. The Morgan fingerprint density at radius 3 is 2.57 bits per heavy atom. The van der Waals surface area contributed by atoms with E-state index in [9.17, 15) is 4.79 Å². The number of nitrogens with zero attached hydrogens (tertiary/aromatic N) is 2. The molecule has 2 heterocycles. The van der Waals surface area contributed by atoms with Gasteiger partial charge in [0.1, 0.15) is 0 Å². The molecule has 2 aromatic heterocycles. The van der Waals surface area contributed by atoms with Crippen LogP contribution < -0.4 is 5.32 Å². The van der Waals surface area contributed by atoms with Crippen molar-refractivity contribution in [3.8, 4) is 11.3 Å². The molecule has 0 saturated carbocycles. The molecule has 28 heavy (non-hydrogen) atoms. The Balaban J connectivity index is 1.64. The molecule has 1 N–H and O–H groups in total. The summed E-state index contributed by atoms with van der Waals surface area (Å²) in [4.78, 5) is 21.9. The van der Waals surface area contributed by atoms with Crippen molar-refractivity contribution in [2.75, 3.05) is 6.54 Å². The molecule has 0 saturated heterocycles. The number of hydrogen-bond donors (Lipinski definition) is 1. The smallest absolute Gasteiger partial charge is 0.252 e. The molecule has 0 radical (unpaired) electrons. The molecule has 4 rings (SSSR count). The van der Waals surface area contributed by atoms with Gasteiger partial charge in [-0.2, -0.15) is 0 Å². The lowest BCUT2D eigenvalue weighted by atomic mass is 10.0. The number of carbonyl (C=O) groups is 1. The molecule has 4 nitrogen and oxygen atoms in total. The first kappa shape index (κ1) is 17.9. The molecule has 1 atom stereocenters. The fraction of sp³-hybridized carbons (Fsp3) is 0.125. The second-order valence-electron chi connectivity index (χ2n) is 6.84. The van der Waals surface area contributed by atoms with Gasteiger partial charge >= 0.3 is 0 Å². The third-order valence-electron chi connectivity index (χ3n) is 4.86. The van der Waals surface area contributed by atoms with E-state index in [0.29, 0.717) is 12.1 Å². The Bertz CT molecular complexity index is 1090. The first-order chi connectivity index (χ1) is 13.7. The summed E-state index contributed by atoms with van der Waals surface area (Å²) >= 11 is 0. The SMILES string of the molecule is C[C@H](CNC(=O)c1cc(-c2cccnc2)nc2ccccc12)c1ccccc1. The number of pyridine rings is 2. The van der Waals surface area contributed by atoms with Crippen LogP contribution in [0.25, 0.3) is 22.2 Å². The average Bonchev–Trinajstić information content (AvgIpc) is 2.77. The van der Waals surface area contributed by atoms with Crippen molar-refractivity contribution in [2.24, 2.45) is 0 Å². The Morgan fingerprint density at radius 2 is 1.79 bits per heavy atom. The molecule has 0 aliphatic heterocycles. The second-order valence-corrected chi connectivity index (χ2v) is 6.84. The van der Waals surface area contributed by atoms with E-state index in [1.807, 2.05) is 60.7 Å². The van der Waals surface area contributed by atoms with Gasteiger partial charge in [-0.15, -0.1) is 0 Å². The summed E-state index contributed by atoms with van der Waals surface area (Å²) in [5.74, 6) is 0.141. The fourth-order valence-electron chi connectivity index (χ4n) is 3.27. The zero-order chi connectivity index (χ0) is 19.3. The van der Waals surface area contributed by atoms with Gasteiger partial charge in [0.05, 0.1) is 16.8 Å². The van der Waals surface area contributed by atoms with Gasteiger partial charge in [-0.3, -0.25) is 9.78 Å². The van der Waals surface area contributed by atoms with Crippen molar-refractivity contribution in [1.29, 1.82) is 0 Å². The van der Waals surface area contributed by atoms with Crippen molar-refractivity contribution in [2.45, 2.75) is 12.8 Å². The topological polar surface area (TPSA) is 54.9 Å². The number of fused-ring (bicyclic) bond motifs is 1. The lowest BCUT2D eigenvalue weighted by Gasteiger charge is -2.14. The van der Waals surface area contributed by atoms with Crippen LogP contribution in [0, 0.1) is 0 Å². The van der Waals surface area contributed by atoms with Gasteiger partial charge in [-0.25, -0.2) is 4.98 Å². The van der Waals surface area contributed by atoms with Crippen LogP contribution >= 0.6 is 0 Å². The number of aromatic nitrogens is 2. The van der Waals surface area contributed by atoms with Crippen LogP contribution in [-0.4, -0.2) is 22.4 Å². The van der Waals surface area contributed by atoms with Crippen molar-refractivity contribution in [3.63, 3.8) is 0 Å². The molecule has 0 spiro atoms. The Kier molecular flexibility index (Phi) is 5.11. The highest BCUT2D eigenvalue weighted by molar-refractivity contribution is 6.07. The Hall–Kier alpha value is -3.53. The predicted molar refractivity (Wildman–Crippen MR) is 112 cm³/mol. The largest absolute Gasteiger partial charge is 0.351 e. The average molecular weight is 367 g/mol. The number of nitrogens with one attached hydrogen (secondary N) is 1. The van der Waals surface area contributed by atoms with E-state index in [1.54, 1.807) is 12.4 Å². The van der Waals surface area contributed by atoms with Crippen LogP contribution in [0.4, 0.5) is 0 Å². The molecule has 4 aromatic rings. The molecule has 138 valence electrons. The quantitative estimate of drug-likeness (QED) is 0.550. The highest BCUT2D eigenvalue weighted by Crippen LogP contribution is 2.24. The molecule has 1 amide bonds. The van der Waals surface area contributed by atoms with Gasteiger partial charge in [0, 0.05) is 29.9 Å². The standard InChI is InChI=1S/C24H21N3O/c1-17(18-8-3-2-4-9-18)15-26-24(28)21-14-23(19-10-7-13-25-16-19)27-22-12-6-5-11-20(21)22/h2-14,16-17H,15H2,1H3,(H,26,28)/t17-/m1/s1. The summed E-state index contributed by atoms with van der Waals surface area (Å²) in [6, 6.07) is 23.6. The summed E-state index contributed by atoms with van der Waals surface area (Å²) in [6.07, 6.45) is 3.49. The normalized spacial score (nSPS) is 11.9. The van der Waals surface area contributed by atoms with Crippen molar-refractivity contribution < 1.29 is 4.79 Å². The molecule has 0 bridgehead atoms. The van der Waals surface area contributed by atoms with Crippen molar-refractivity contribution >= 4 is 16.8 Å². The highest BCUT2D eigenvalue weighted by atomic mass is 16.1. The minimum atomic E-state index is -0.0912. The first-order valence-electron chi connectivity index (χ1n) is 9.35. The molecule has 0 aliphatic carbocycles. The highest BCUT2D eigenvalue weighted by Gasteiger charge is 2.15. The summed E-state index contributed by atoms with van der Waals surface area (Å²) in [5.41, 5.74) is 4.27. The van der Waals surface area contributed by atoms with Crippen LogP contribution in [0.3, 0.4) is 0 Å². The van der Waals surface area contributed by atoms with E-state index in [1.165, 1.54) is 5.56 Å². The van der Waals surface area contributed by atoms with Gasteiger partial charge in [0.25, 0.3) is 5.91 Å². The number of para-hydroxylation sites is 1. The molecule has 0 aliphatic rings. The van der Waals surface area contributed by atoms with E-state index in [0.717, 1.165) is 22.2 Å². The number of carbonyl (C=O) groups excluding carboxylic acids is 1. The summed E-state index contributed by atoms with van der Waals surface area (Å²) in [7, 11) is 0. The maximum Gasteiger partial charge on any atom is 0.252 e. The van der Waals surface area contributed by atoms with Gasteiger partial charge in [-0.05, 0) is 35.7 Å². The Morgan fingerprint density at radius 1 is 1.00 bits per heavy atom. The summed E-state index contributed by atoms with van der Waals surface area (Å²) < 4.78 is 0. The van der Waals surface area contributed by atoms with Crippen LogP contribution in [-0.2, 0) is 0 Å². The van der Waals surface area contributed by atoms with Gasteiger partial charge in [0.15, 0.2) is 0 Å². The van der Waals surface area contributed by atoms with Gasteiger partial charge in [0.2, 0.25) is 0 Å². The second kappa shape index (κ2) is 8.01. The minimum absolute atomic E-state index is 0.0912. The Labute approximate surface area is 164 Å². The van der Waals surface area contributed by atoms with Gasteiger partial charge < -0.3 is 5.32 Å². The summed E-state index contributed by atoms with van der Waals surface area (Å²) in [6.45, 7) is 2.68. The number of hydrogen-bond acceptors (Lipinski definition) is 3. The third kappa shape index (κ3) is 3.76. The van der Waals surface area contributed by atoms with E-state index in [4.69, 9.17) is 4.98 Å². The van der Waals surface area contributed by atoms with Crippen LogP contribution in [0.15, 0.2) is 85.2 Å². The van der Waals surface area contributed by atoms with E-state index < -0.39 is 0 Å². The molecule has 0 fully saturated rings. The predicted octanol–water partition coefficient (Wildman–Crippen LogP) is 4.83. The van der Waals surface area contributed by atoms with Crippen LogP contribution in [0.2, 0.25) is 0 Å². The number of rotatable bonds is 5. The van der Waals surface area contributed by atoms with Gasteiger partial charge in [-0.1, -0.05) is 55.5 Å². The zero-order valence-corrected chi connectivity index (χ0v) is 15.7. The van der Waals surface area contributed by atoms with Crippen LogP contribution in [0.5, 0.6) is 0 Å². The number of benzene rings is 2. The lowest BCUT2D eigenvalue weighted by molar-refractivity contribution is 0.0953. The fourth-order valence-corrected chi connectivity index (χ4v) is 3.27. The molecular weight excluding hydrogens is 346 g/mol. The van der Waals surface area contributed by atoms with Crippen LogP contribution in [0.1, 0.15) is 28.8 Å².